The largest absolute Gasteiger partial charge is 0.491 e. The van der Waals surface area contributed by atoms with Crippen molar-refractivity contribution in [3.05, 3.63) is 60.0 Å². The lowest BCUT2D eigenvalue weighted by atomic mass is 10.2. The first-order chi connectivity index (χ1) is 16.8. The van der Waals surface area contributed by atoms with Crippen LogP contribution in [0.3, 0.4) is 0 Å². The first kappa shape index (κ1) is 27.6. The number of carbonyl (C=O) groups is 1. The van der Waals surface area contributed by atoms with Gasteiger partial charge in [-0.1, -0.05) is 32.0 Å². The van der Waals surface area contributed by atoms with Gasteiger partial charge in [-0.05, 0) is 42.7 Å². The number of aryl methyl sites for hydroxylation is 1. The van der Waals surface area contributed by atoms with Crippen LogP contribution in [-0.2, 0) is 11.3 Å². The molecule has 190 valence electrons. The number of benzene rings is 2. The molecule has 10 heteroatoms. The van der Waals surface area contributed by atoms with E-state index in [-0.39, 0.29) is 36.5 Å². The third-order valence-corrected chi connectivity index (χ3v) is 4.34. The second kappa shape index (κ2) is 14.6. The van der Waals surface area contributed by atoms with Gasteiger partial charge in [0.05, 0.1) is 25.5 Å². The molecule has 0 aliphatic carbocycles. The van der Waals surface area contributed by atoms with Crippen molar-refractivity contribution >= 4 is 6.41 Å². The minimum Gasteiger partial charge on any atom is -0.491 e. The number of ether oxygens (including phenoxy) is 3. The van der Waals surface area contributed by atoms with Crippen molar-refractivity contribution in [1.82, 2.24) is 10.3 Å². The van der Waals surface area contributed by atoms with Crippen molar-refractivity contribution < 1.29 is 37.3 Å². The molecule has 0 saturated carbocycles. The highest BCUT2D eigenvalue weighted by Crippen LogP contribution is 2.34. The maximum atomic E-state index is 12.5. The molecule has 0 radical (unpaired) electrons. The molecule has 0 fully saturated rings. The molecule has 35 heavy (non-hydrogen) atoms. The fourth-order valence-electron chi connectivity index (χ4n) is 2.74. The van der Waals surface area contributed by atoms with Gasteiger partial charge in [-0.25, -0.2) is 4.98 Å². The van der Waals surface area contributed by atoms with Crippen LogP contribution in [0.4, 0.5) is 8.78 Å². The van der Waals surface area contributed by atoms with Gasteiger partial charge in [-0.3, -0.25) is 4.79 Å². The summed E-state index contributed by atoms with van der Waals surface area (Å²) in [6, 6.07) is 12.2. The molecule has 0 aliphatic heterocycles. The van der Waals surface area contributed by atoms with E-state index in [0.717, 1.165) is 11.3 Å². The predicted octanol–water partition coefficient (Wildman–Crippen LogP) is 4.59. The summed E-state index contributed by atoms with van der Waals surface area (Å²) in [4.78, 5) is 14.5. The van der Waals surface area contributed by atoms with E-state index < -0.39 is 6.61 Å². The highest BCUT2D eigenvalue weighted by Gasteiger charge is 2.15. The topological polar surface area (TPSA) is 103 Å². The fourth-order valence-corrected chi connectivity index (χ4v) is 2.74. The Morgan fingerprint density at radius 1 is 1.11 bits per heavy atom. The Balaban J connectivity index is 0.000000328. The molecule has 0 aliphatic rings. The van der Waals surface area contributed by atoms with Crippen molar-refractivity contribution in [3.63, 3.8) is 0 Å². The predicted molar refractivity (Wildman–Crippen MR) is 126 cm³/mol. The van der Waals surface area contributed by atoms with Gasteiger partial charge in [0.25, 0.3) is 0 Å². The number of carbonyl (C=O) groups excluding carboxylic acids is 1. The van der Waals surface area contributed by atoms with E-state index in [4.69, 9.17) is 19.0 Å². The van der Waals surface area contributed by atoms with Crippen LogP contribution in [0.1, 0.15) is 25.1 Å². The minimum atomic E-state index is -2.94. The fraction of sp³-hybridized carbons (Fsp3) is 0.360. The summed E-state index contributed by atoms with van der Waals surface area (Å²) in [5, 5.41) is 11.0. The Bertz CT molecular complexity index is 1040. The molecule has 3 aromatic rings. The molecule has 1 heterocycles. The van der Waals surface area contributed by atoms with Gasteiger partial charge in [0.15, 0.2) is 11.5 Å². The van der Waals surface area contributed by atoms with Gasteiger partial charge < -0.3 is 29.1 Å². The number of nitrogens with one attached hydrogen (secondary N) is 1. The Labute approximate surface area is 202 Å². The maximum Gasteiger partial charge on any atom is 0.387 e. The molecule has 1 aromatic heterocycles. The number of aliphatic hydroxyl groups excluding tert-OH is 1. The van der Waals surface area contributed by atoms with Crippen LogP contribution < -0.4 is 19.5 Å². The van der Waals surface area contributed by atoms with E-state index in [1.807, 2.05) is 45.0 Å². The standard InChI is InChI=1S/C16H18F2N2O4.C9H12O2/c1-10(2)7-22-14-5-11(3-4-13(14)24-16(17)18)15-20-12(8-23-15)6-19-9-21;1-8-4-2-3-5-9(8)11-7-6-10/h3-5,8-10,16H,6-7H2,1-2H3,(H,19,21);2-5,10H,6-7H2,1H3. The van der Waals surface area contributed by atoms with Crippen LogP contribution in [0, 0.1) is 12.8 Å². The lowest BCUT2D eigenvalue weighted by molar-refractivity contribution is -0.109. The lowest BCUT2D eigenvalue weighted by Gasteiger charge is -2.14. The second-order valence-corrected chi connectivity index (χ2v) is 7.73. The summed E-state index contributed by atoms with van der Waals surface area (Å²) in [6.45, 7) is 3.93. The number of oxazole rings is 1. The number of aliphatic hydroxyl groups is 1. The molecule has 8 nitrogen and oxygen atoms in total. The van der Waals surface area contributed by atoms with E-state index in [1.54, 1.807) is 6.07 Å². The number of nitrogens with zero attached hydrogens (tertiary/aromatic N) is 1. The van der Waals surface area contributed by atoms with Crippen molar-refractivity contribution in [2.24, 2.45) is 5.92 Å². The Hall–Kier alpha value is -3.66. The molecular formula is C25H30F2N2O6. The summed E-state index contributed by atoms with van der Waals surface area (Å²) >= 11 is 0. The van der Waals surface area contributed by atoms with Gasteiger partial charge in [0, 0.05) is 5.56 Å². The molecule has 0 spiro atoms. The molecule has 0 unspecified atom stereocenters. The van der Waals surface area contributed by atoms with Crippen LogP contribution >= 0.6 is 0 Å². The summed E-state index contributed by atoms with van der Waals surface area (Å²) in [5.41, 5.74) is 2.18. The number of aromatic nitrogens is 1. The number of hydrogen-bond acceptors (Lipinski definition) is 7. The molecule has 3 rings (SSSR count). The molecule has 0 bridgehead atoms. The zero-order chi connectivity index (χ0) is 25.6. The number of hydrogen-bond donors (Lipinski definition) is 2. The van der Waals surface area contributed by atoms with E-state index >= 15 is 0 Å². The molecule has 2 aromatic carbocycles. The smallest absolute Gasteiger partial charge is 0.387 e. The van der Waals surface area contributed by atoms with Crippen molar-refractivity contribution in [3.8, 4) is 28.7 Å². The van der Waals surface area contributed by atoms with Crippen LogP contribution in [-0.4, -0.2) is 42.9 Å². The third-order valence-electron chi connectivity index (χ3n) is 4.34. The van der Waals surface area contributed by atoms with Crippen LogP contribution in [0.15, 0.2) is 53.1 Å². The second-order valence-electron chi connectivity index (χ2n) is 7.73. The van der Waals surface area contributed by atoms with Crippen molar-refractivity contribution in [2.75, 3.05) is 19.8 Å². The number of alkyl halides is 2. The number of amides is 1. The monoisotopic (exact) mass is 492 g/mol. The molecule has 1 amide bonds. The summed E-state index contributed by atoms with van der Waals surface area (Å²) < 4.78 is 45.6. The zero-order valence-electron chi connectivity index (χ0n) is 19.9. The molecule has 0 saturated heterocycles. The maximum absolute atomic E-state index is 12.5. The van der Waals surface area contributed by atoms with Crippen LogP contribution in [0.25, 0.3) is 11.5 Å². The Kier molecular flexibility index (Phi) is 11.5. The van der Waals surface area contributed by atoms with Crippen LogP contribution in [0.5, 0.6) is 17.2 Å². The van der Waals surface area contributed by atoms with Crippen molar-refractivity contribution in [1.29, 1.82) is 0 Å². The summed E-state index contributed by atoms with van der Waals surface area (Å²) in [5.74, 6) is 1.49. The molecular weight excluding hydrogens is 462 g/mol. The highest BCUT2D eigenvalue weighted by molar-refractivity contribution is 5.60. The summed E-state index contributed by atoms with van der Waals surface area (Å²) in [6.07, 6.45) is 1.97. The molecule has 0 atom stereocenters. The number of halogens is 2. The first-order valence-corrected chi connectivity index (χ1v) is 11.0. The average molecular weight is 493 g/mol. The van der Waals surface area contributed by atoms with Gasteiger partial charge >= 0.3 is 6.61 Å². The quantitative estimate of drug-likeness (QED) is 0.357. The number of rotatable bonds is 12. The zero-order valence-corrected chi connectivity index (χ0v) is 19.9. The van der Waals surface area contributed by atoms with Crippen LogP contribution in [0.2, 0.25) is 0 Å². The normalized spacial score (nSPS) is 10.5. The van der Waals surface area contributed by atoms with Gasteiger partial charge in [0.1, 0.15) is 18.6 Å². The van der Waals surface area contributed by atoms with Crippen molar-refractivity contribution in [2.45, 2.75) is 33.9 Å². The minimum absolute atomic E-state index is 0.0520. The Morgan fingerprint density at radius 3 is 2.54 bits per heavy atom. The summed E-state index contributed by atoms with van der Waals surface area (Å²) in [7, 11) is 0. The van der Waals surface area contributed by atoms with Gasteiger partial charge in [-0.15, -0.1) is 0 Å². The lowest BCUT2D eigenvalue weighted by Crippen LogP contribution is -2.09. The number of para-hydroxylation sites is 1. The first-order valence-electron chi connectivity index (χ1n) is 11.0. The highest BCUT2D eigenvalue weighted by atomic mass is 19.3. The van der Waals surface area contributed by atoms with E-state index in [9.17, 15) is 13.6 Å². The van der Waals surface area contributed by atoms with Gasteiger partial charge in [0.2, 0.25) is 12.3 Å². The average Bonchev–Trinajstić information content (AvgIpc) is 3.30. The SMILES string of the molecule is CC(C)COc1cc(-c2nc(CNC=O)co2)ccc1OC(F)F.Cc1ccccc1OCCO. The third kappa shape index (κ3) is 9.62. The van der Waals surface area contributed by atoms with E-state index in [2.05, 4.69) is 15.0 Å². The van der Waals surface area contributed by atoms with Gasteiger partial charge in [-0.2, -0.15) is 8.78 Å². The van der Waals surface area contributed by atoms with E-state index in [0.29, 0.717) is 30.9 Å². The van der Waals surface area contributed by atoms with E-state index in [1.165, 1.54) is 18.4 Å². The Morgan fingerprint density at radius 2 is 1.89 bits per heavy atom. The molecule has 2 N–H and O–H groups in total.